The number of hydrogen-bond acceptors (Lipinski definition) is 11. The minimum absolute atomic E-state index is 0.191. The lowest BCUT2D eigenvalue weighted by atomic mass is 9.99. The van der Waals surface area contributed by atoms with Crippen LogP contribution >= 0.6 is 0 Å². The molecule has 0 unspecified atom stereocenters. The second-order valence-electron chi connectivity index (χ2n) is 30.1. The van der Waals surface area contributed by atoms with Crippen LogP contribution in [-0.2, 0) is 0 Å². The quantitative estimate of drug-likeness (QED) is 0.120. The Morgan fingerprint density at radius 1 is 0.208 bits per heavy atom. The van der Waals surface area contributed by atoms with Crippen molar-refractivity contribution >= 4 is 131 Å². The standard InChI is InChI=1S/C105H57N13O2/c106-58-68-54-67(104-111-100(62-22-5-1-6-23-62)109-101(112-104)63-24-7-2-8-25-63)44-49-82(68)118-86-39-20-16-35-81(86)95-90(118)53-48-77-75-46-51-88-93(97(75)120-99(77)95)79-33-14-18-37-84(79)116(88)72-31-21-28-66(55-72)61-40-42-65(43-41-61)103-110-102(64-26-9-3-10-27-64)113-105(114-103)91-69(59-107)56-73(57-70(91)60-108)117-85-38-19-15-34-80(85)94-89(117)52-47-76-74-45-50-87-92(96(74)119-98(76)94)78-32-13-17-36-83(78)115(87)71-29-11-4-12-30-71/h1-57H. The van der Waals surface area contributed by atoms with E-state index in [4.69, 9.17) is 38.7 Å². The van der Waals surface area contributed by atoms with Crippen molar-refractivity contribution in [1.82, 2.24) is 48.2 Å². The third-order valence-electron chi connectivity index (χ3n) is 23.6. The summed E-state index contributed by atoms with van der Waals surface area (Å²) in [6.07, 6.45) is 0. The molecule has 0 aliphatic rings. The molecule has 8 heterocycles. The lowest BCUT2D eigenvalue weighted by Crippen LogP contribution is -2.04. The van der Waals surface area contributed by atoms with Gasteiger partial charge in [0, 0.05) is 88.0 Å². The molecule has 8 aromatic heterocycles. The third-order valence-corrected chi connectivity index (χ3v) is 23.6. The molecule has 554 valence electrons. The summed E-state index contributed by atoms with van der Waals surface area (Å²) in [6.45, 7) is 0. The minimum Gasteiger partial charge on any atom is -0.455 e. The number of aromatic nitrogens is 10. The number of furan rings is 2. The molecule has 15 nitrogen and oxygen atoms in total. The first-order valence-electron chi connectivity index (χ1n) is 39.5. The van der Waals surface area contributed by atoms with Crippen molar-refractivity contribution in [3.05, 3.63) is 362 Å². The molecule has 0 amide bonds. The molecule has 0 aliphatic heterocycles. The van der Waals surface area contributed by atoms with Crippen molar-refractivity contribution in [2.24, 2.45) is 0 Å². The van der Waals surface area contributed by atoms with Gasteiger partial charge in [0.2, 0.25) is 0 Å². The van der Waals surface area contributed by atoms with E-state index in [1.165, 1.54) is 0 Å². The van der Waals surface area contributed by atoms with Gasteiger partial charge >= 0.3 is 0 Å². The first-order valence-corrected chi connectivity index (χ1v) is 39.5. The van der Waals surface area contributed by atoms with Crippen LogP contribution in [0.5, 0.6) is 0 Å². The zero-order chi connectivity index (χ0) is 79.4. The summed E-state index contributed by atoms with van der Waals surface area (Å²) in [5.74, 6) is 2.48. The molecule has 120 heavy (non-hydrogen) atoms. The molecule has 24 aromatic rings. The van der Waals surface area contributed by atoms with Gasteiger partial charge in [-0.1, -0.05) is 218 Å². The Balaban J connectivity index is 0.583. The summed E-state index contributed by atoms with van der Waals surface area (Å²) in [6, 6.07) is 124. The highest BCUT2D eigenvalue weighted by Gasteiger charge is 2.29. The van der Waals surface area contributed by atoms with Crippen molar-refractivity contribution in [2.45, 2.75) is 0 Å². The van der Waals surface area contributed by atoms with E-state index in [0.717, 1.165) is 170 Å². The number of nitrogens with zero attached hydrogens (tertiary/aromatic N) is 13. The van der Waals surface area contributed by atoms with Crippen molar-refractivity contribution in [2.75, 3.05) is 0 Å². The summed E-state index contributed by atoms with van der Waals surface area (Å²) in [5, 5.41) is 45.8. The third kappa shape index (κ3) is 10.2. The maximum absolute atomic E-state index is 11.4. The molecule has 0 saturated heterocycles. The van der Waals surface area contributed by atoms with Crippen LogP contribution in [0.4, 0.5) is 0 Å². The van der Waals surface area contributed by atoms with Crippen LogP contribution in [0, 0.1) is 34.0 Å². The largest absolute Gasteiger partial charge is 0.455 e. The lowest BCUT2D eigenvalue weighted by molar-refractivity contribution is 0.676. The predicted molar refractivity (Wildman–Crippen MR) is 477 cm³/mol. The van der Waals surface area contributed by atoms with Crippen LogP contribution in [0.25, 0.3) is 233 Å². The summed E-state index contributed by atoms with van der Waals surface area (Å²) < 4.78 is 23.5. The summed E-state index contributed by atoms with van der Waals surface area (Å²) >= 11 is 0. The topological polar surface area (TPSA) is 195 Å². The molecule has 0 aliphatic carbocycles. The van der Waals surface area contributed by atoms with E-state index in [9.17, 15) is 15.8 Å². The number of rotatable bonds is 11. The molecule has 0 atom stereocenters. The van der Waals surface area contributed by atoms with E-state index in [-0.39, 0.29) is 17.0 Å². The highest BCUT2D eigenvalue weighted by Crippen LogP contribution is 2.49. The number of fused-ring (bicyclic) bond motifs is 22. The Bertz CT molecular complexity index is 8540. The number of benzene rings is 16. The van der Waals surface area contributed by atoms with Crippen LogP contribution < -0.4 is 0 Å². The maximum Gasteiger partial charge on any atom is 0.166 e. The normalized spacial score (nSPS) is 11.8. The van der Waals surface area contributed by atoms with Crippen molar-refractivity contribution in [3.63, 3.8) is 0 Å². The van der Waals surface area contributed by atoms with Crippen molar-refractivity contribution in [1.29, 1.82) is 15.8 Å². The molecule has 0 spiro atoms. The molecule has 16 aromatic carbocycles. The molecule has 0 bridgehead atoms. The number of para-hydroxylation sites is 5. The van der Waals surface area contributed by atoms with E-state index < -0.39 is 0 Å². The highest BCUT2D eigenvalue weighted by atomic mass is 16.3. The van der Waals surface area contributed by atoms with Gasteiger partial charge in [-0.25, -0.2) is 29.9 Å². The molecule has 0 radical (unpaired) electrons. The monoisotopic (exact) mass is 1530 g/mol. The molecular weight excluding hydrogens is 1480 g/mol. The van der Waals surface area contributed by atoms with E-state index >= 15 is 0 Å². The zero-order valence-corrected chi connectivity index (χ0v) is 63.5. The fraction of sp³-hybridized carbons (Fsp3) is 0. The van der Waals surface area contributed by atoms with Crippen LogP contribution in [0.2, 0.25) is 0 Å². The Labute approximate surface area is 682 Å². The SMILES string of the molecule is N#Cc1cc(-c2nc(-c3ccccc3)nc(-c3ccccc3)n2)ccc1-n1c2ccccc2c2c3oc4c(ccc5c4c4ccccc4n5-c4cccc(-c5ccc(-c6nc(-c7ccccc7)nc(-c7c(C#N)cc(-n8c9ccccc9c9c%10oc%11c(ccc%12c%11c%11ccccc%11n%12-c%11ccccc%11)c%10ccc98)cc7C#N)n6)cc5)c4)c3ccc21. The van der Waals surface area contributed by atoms with E-state index in [0.29, 0.717) is 62.8 Å². The molecule has 0 fully saturated rings. The fourth-order valence-electron chi connectivity index (χ4n) is 18.3. The first-order chi connectivity index (χ1) is 59.4. The van der Waals surface area contributed by atoms with Gasteiger partial charge in [-0.05, 0) is 139 Å². The van der Waals surface area contributed by atoms with Crippen LogP contribution in [0.3, 0.4) is 0 Å². The van der Waals surface area contributed by atoms with Gasteiger partial charge in [-0.15, -0.1) is 0 Å². The van der Waals surface area contributed by atoms with E-state index in [2.05, 4.69) is 218 Å². The van der Waals surface area contributed by atoms with Crippen LogP contribution in [0.15, 0.2) is 355 Å². The van der Waals surface area contributed by atoms with E-state index in [1.807, 2.05) is 164 Å². The van der Waals surface area contributed by atoms with E-state index in [1.54, 1.807) is 0 Å². The van der Waals surface area contributed by atoms with Crippen molar-refractivity contribution in [3.8, 4) is 120 Å². The van der Waals surface area contributed by atoms with Gasteiger partial charge in [0.25, 0.3) is 0 Å². The van der Waals surface area contributed by atoms with Gasteiger partial charge in [-0.2, -0.15) is 15.8 Å². The molecule has 0 saturated carbocycles. The smallest absolute Gasteiger partial charge is 0.166 e. The van der Waals surface area contributed by atoms with Gasteiger partial charge < -0.3 is 27.1 Å². The molecule has 15 heteroatoms. The summed E-state index contributed by atoms with van der Waals surface area (Å²) in [7, 11) is 0. The Morgan fingerprint density at radius 2 is 0.525 bits per heavy atom. The van der Waals surface area contributed by atoms with Gasteiger partial charge in [0.15, 0.2) is 34.9 Å². The second-order valence-corrected chi connectivity index (χ2v) is 30.1. The van der Waals surface area contributed by atoms with Crippen molar-refractivity contribution < 1.29 is 8.83 Å². The number of hydrogen-bond donors (Lipinski definition) is 0. The van der Waals surface area contributed by atoms with Crippen LogP contribution in [0.1, 0.15) is 16.7 Å². The zero-order valence-electron chi connectivity index (χ0n) is 63.5. The molecule has 24 rings (SSSR count). The fourth-order valence-corrected chi connectivity index (χ4v) is 18.3. The van der Waals surface area contributed by atoms with Crippen LogP contribution in [-0.4, -0.2) is 48.2 Å². The predicted octanol–water partition coefficient (Wildman–Crippen LogP) is 25.5. The molecule has 0 N–H and O–H groups in total. The highest BCUT2D eigenvalue weighted by molar-refractivity contribution is 6.31. The van der Waals surface area contributed by atoms with Gasteiger partial charge in [0.05, 0.1) is 93.6 Å². The van der Waals surface area contributed by atoms with Gasteiger partial charge in [0.1, 0.15) is 40.5 Å². The average molecular weight is 1530 g/mol. The minimum atomic E-state index is 0.191. The summed E-state index contributed by atoms with van der Waals surface area (Å²) in [4.78, 5) is 30.3. The average Bonchev–Trinajstić information content (AvgIpc) is 1.54. The Kier molecular flexibility index (Phi) is 14.8. The first kappa shape index (κ1) is 67.3. The Hall–Kier alpha value is -17.2. The lowest BCUT2D eigenvalue weighted by Gasteiger charge is -2.14. The maximum atomic E-state index is 11.4. The van der Waals surface area contributed by atoms with Gasteiger partial charge in [-0.3, -0.25) is 0 Å². The molecular formula is C105H57N13O2. The number of nitriles is 3. The second kappa shape index (κ2) is 26.4. The Morgan fingerprint density at radius 3 is 0.950 bits per heavy atom. The summed E-state index contributed by atoms with van der Waals surface area (Å²) in [5.41, 5.74) is 21.1.